The number of piperidine rings is 1. The predicted octanol–water partition coefficient (Wildman–Crippen LogP) is 3.15. The molecule has 15 heavy (non-hydrogen) atoms. The standard InChI is InChI=1S/C13H19NS/c1-10-3-4-13(9-11(10)2)15-12-5-7-14-8-6-12/h3-4,9,12,14H,5-8H2,1-2H3. The zero-order valence-corrected chi connectivity index (χ0v) is 10.4. The van der Waals surface area contributed by atoms with Crippen LogP contribution in [0.4, 0.5) is 0 Å². The highest BCUT2D eigenvalue weighted by Gasteiger charge is 2.14. The van der Waals surface area contributed by atoms with Crippen molar-refractivity contribution in [2.24, 2.45) is 0 Å². The van der Waals surface area contributed by atoms with Crippen LogP contribution in [0, 0.1) is 13.8 Å². The summed E-state index contributed by atoms with van der Waals surface area (Å²) >= 11 is 2.05. The smallest absolute Gasteiger partial charge is 0.0118 e. The van der Waals surface area contributed by atoms with Gasteiger partial charge in [0.15, 0.2) is 0 Å². The zero-order chi connectivity index (χ0) is 10.7. The highest BCUT2D eigenvalue weighted by atomic mass is 32.2. The molecule has 1 aromatic rings. The minimum Gasteiger partial charge on any atom is -0.317 e. The van der Waals surface area contributed by atoms with Crippen molar-refractivity contribution in [1.82, 2.24) is 5.32 Å². The Kier molecular flexibility index (Phi) is 3.71. The number of benzene rings is 1. The first kappa shape index (κ1) is 11.0. The second kappa shape index (κ2) is 5.04. The third-order valence-corrected chi connectivity index (χ3v) is 4.40. The van der Waals surface area contributed by atoms with E-state index < -0.39 is 0 Å². The molecule has 1 aliphatic rings. The average molecular weight is 221 g/mol. The quantitative estimate of drug-likeness (QED) is 0.823. The lowest BCUT2D eigenvalue weighted by Crippen LogP contribution is -2.29. The molecule has 82 valence electrons. The van der Waals surface area contributed by atoms with Gasteiger partial charge in [0.05, 0.1) is 0 Å². The van der Waals surface area contributed by atoms with Gasteiger partial charge >= 0.3 is 0 Å². The fourth-order valence-electron chi connectivity index (χ4n) is 1.89. The van der Waals surface area contributed by atoms with Gasteiger partial charge in [0.1, 0.15) is 0 Å². The van der Waals surface area contributed by atoms with Gasteiger partial charge in [-0.25, -0.2) is 0 Å². The topological polar surface area (TPSA) is 12.0 Å². The normalized spacial score (nSPS) is 18.0. The van der Waals surface area contributed by atoms with E-state index in [0.29, 0.717) is 0 Å². The second-order valence-corrected chi connectivity index (χ2v) is 5.69. The maximum absolute atomic E-state index is 3.41. The Balaban J connectivity index is 2.00. The monoisotopic (exact) mass is 221 g/mol. The molecule has 0 spiro atoms. The molecule has 1 aromatic carbocycles. The third-order valence-electron chi connectivity index (χ3n) is 3.07. The fraction of sp³-hybridized carbons (Fsp3) is 0.538. The molecule has 2 rings (SSSR count). The first-order valence-corrected chi connectivity index (χ1v) is 6.58. The number of aryl methyl sites for hydroxylation is 2. The molecule has 0 saturated carbocycles. The molecule has 0 aliphatic carbocycles. The van der Waals surface area contributed by atoms with Gasteiger partial charge in [-0.2, -0.15) is 0 Å². The van der Waals surface area contributed by atoms with Crippen LogP contribution in [0.3, 0.4) is 0 Å². The summed E-state index contributed by atoms with van der Waals surface area (Å²) in [6.07, 6.45) is 2.61. The van der Waals surface area contributed by atoms with Crippen LogP contribution in [-0.2, 0) is 0 Å². The van der Waals surface area contributed by atoms with E-state index in [4.69, 9.17) is 0 Å². The lowest BCUT2D eigenvalue weighted by Gasteiger charge is -2.22. The van der Waals surface area contributed by atoms with Gasteiger partial charge in [-0.05, 0) is 63.0 Å². The van der Waals surface area contributed by atoms with Crippen LogP contribution in [0.5, 0.6) is 0 Å². The van der Waals surface area contributed by atoms with Gasteiger partial charge < -0.3 is 5.32 Å². The largest absolute Gasteiger partial charge is 0.317 e. The first-order chi connectivity index (χ1) is 7.25. The Bertz CT molecular complexity index is 329. The molecule has 0 unspecified atom stereocenters. The molecule has 0 amide bonds. The molecular weight excluding hydrogens is 202 g/mol. The SMILES string of the molecule is Cc1ccc(SC2CCNCC2)cc1C. The van der Waals surface area contributed by atoms with Crippen molar-refractivity contribution in [3.05, 3.63) is 29.3 Å². The number of thioether (sulfide) groups is 1. The van der Waals surface area contributed by atoms with Crippen molar-refractivity contribution in [1.29, 1.82) is 0 Å². The van der Waals surface area contributed by atoms with Crippen molar-refractivity contribution in [3.8, 4) is 0 Å². The Hall–Kier alpha value is -0.470. The van der Waals surface area contributed by atoms with Gasteiger partial charge in [-0.3, -0.25) is 0 Å². The fourth-order valence-corrected chi connectivity index (χ4v) is 3.14. The Morgan fingerprint density at radius 3 is 2.53 bits per heavy atom. The Morgan fingerprint density at radius 2 is 1.87 bits per heavy atom. The van der Waals surface area contributed by atoms with Crippen LogP contribution in [0.1, 0.15) is 24.0 Å². The minimum absolute atomic E-state index is 0.813. The first-order valence-electron chi connectivity index (χ1n) is 5.70. The molecular formula is C13H19NS. The number of hydrogen-bond donors (Lipinski definition) is 1. The van der Waals surface area contributed by atoms with E-state index in [-0.39, 0.29) is 0 Å². The van der Waals surface area contributed by atoms with Crippen LogP contribution < -0.4 is 5.32 Å². The summed E-state index contributed by atoms with van der Waals surface area (Å²) in [5, 5.41) is 4.22. The molecule has 0 atom stereocenters. The maximum Gasteiger partial charge on any atom is 0.0118 e. The minimum atomic E-state index is 0.813. The summed E-state index contributed by atoms with van der Waals surface area (Å²) in [7, 11) is 0. The van der Waals surface area contributed by atoms with Crippen molar-refractivity contribution in [2.75, 3.05) is 13.1 Å². The Labute approximate surface area is 96.7 Å². The van der Waals surface area contributed by atoms with E-state index in [2.05, 4.69) is 37.4 Å². The summed E-state index contributed by atoms with van der Waals surface area (Å²) in [6.45, 7) is 6.74. The van der Waals surface area contributed by atoms with Gasteiger partial charge in [0.25, 0.3) is 0 Å². The summed E-state index contributed by atoms with van der Waals surface area (Å²) in [4.78, 5) is 1.44. The molecule has 1 heterocycles. The predicted molar refractivity (Wildman–Crippen MR) is 67.7 cm³/mol. The van der Waals surface area contributed by atoms with Crippen molar-refractivity contribution in [3.63, 3.8) is 0 Å². The van der Waals surface area contributed by atoms with Crippen LogP contribution in [0.2, 0.25) is 0 Å². The third kappa shape index (κ3) is 2.99. The lowest BCUT2D eigenvalue weighted by atomic mass is 10.1. The zero-order valence-electron chi connectivity index (χ0n) is 9.55. The summed E-state index contributed by atoms with van der Waals surface area (Å²) in [6, 6.07) is 6.82. The molecule has 2 heteroatoms. The highest BCUT2D eigenvalue weighted by molar-refractivity contribution is 8.00. The van der Waals surface area contributed by atoms with E-state index in [9.17, 15) is 0 Å². The van der Waals surface area contributed by atoms with E-state index in [1.807, 2.05) is 11.8 Å². The maximum atomic E-state index is 3.41. The molecule has 1 N–H and O–H groups in total. The number of hydrogen-bond acceptors (Lipinski definition) is 2. The highest BCUT2D eigenvalue weighted by Crippen LogP contribution is 2.29. The van der Waals surface area contributed by atoms with Crippen LogP contribution in [0.15, 0.2) is 23.1 Å². The van der Waals surface area contributed by atoms with Gasteiger partial charge in [-0.1, -0.05) is 6.07 Å². The molecule has 1 aliphatic heterocycles. The van der Waals surface area contributed by atoms with Gasteiger partial charge in [0.2, 0.25) is 0 Å². The van der Waals surface area contributed by atoms with E-state index in [1.54, 1.807) is 0 Å². The van der Waals surface area contributed by atoms with Crippen LogP contribution >= 0.6 is 11.8 Å². The van der Waals surface area contributed by atoms with Gasteiger partial charge in [0, 0.05) is 10.1 Å². The molecule has 1 fully saturated rings. The van der Waals surface area contributed by atoms with Gasteiger partial charge in [-0.15, -0.1) is 11.8 Å². The summed E-state index contributed by atoms with van der Waals surface area (Å²) < 4.78 is 0. The molecule has 1 saturated heterocycles. The van der Waals surface area contributed by atoms with E-state index in [1.165, 1.54) is 42.0 Å². The van der Waals surface area contributed by atoms with Crippen LogP contribution in [-0.4, -0.2) is 18.3 Å². The molecule has 0 radical (unpaired) electrons. The number of rotatable bonds is 2. The average Bonchev–Trinajstić information content (AvgIpc) is 2.25. The number of nitrogens with one attached hydrogen (secondary N) is 1. The summed E-state index contributed by atoms with van der Waals surface area (Å²) in [5.74, 6) is 0. The lowest BCUT2D eigenvalue weighted by molar-refractivity contribution is 0.531. The van der Waals surface area contributed by atoms with Crippen molar-refractivity contribution >= 4 is 11.8 Å². The van der Waals surface area contributed by atoms with E-state index >= 15 is 0 Å². The van der Waals surface area contributed by atoms with E-state index in [0.717, 1.165) is 5.25 Å². The second-order valence-electron chi connectivity index (χ2n) is 4.31. The van der Waals surface area contributed by atoms with Crippen molar-refractivity contribution < 1.29 is 0 Å². The summed E-state index contributed by atoms with van der Waals surface area (Å²) in [5.41, 5.74) is 2.80. The molecule has 0 bridgehead atoms. The molecule has 1 nitrogen and oxygen atoms in total. The molecule has 0 aromatic heterocycles. The Morgan fingerprint density at radius 1 is 1.13 bits per heavy atom. The van der Waals surface area contributed by atoms with Crippen molar-refractivity contribution in [2.45, 2.75) is 36.8 Å². The van der Waals surface area contributed by atoms with Crippen LogP contribution in [0.25, 0.3) is 0 Å².